The van der Waals surface area contributed by atoms with Gasteiger partial charge >= 0.3 is 6.18 Å². The first kappa shape index (κ1) is 13.3. The Labute approximate surface area is 95.5 Å². The predicted molar refractivity (Wildman–Crippen MR) is 54.7 cm³/mol. The molecular formula is C10H11F3N2O2. The van der Waals surface area contributed by atoms with Crippen LogP contribution in [0.15, 0.2) is 29.4 Å². The second kappa shape index (κ2) is 5.53. The highest BCUT2D eigenvalue weighted by molar-refractivity contribution is 5.97. The number of rotatable bonds is 4. The van der Waals surface area contributed by atoms with Gasteiger partial charge in [0.25, 0.3) is 0 Å². The van der Waals surface area contributed by atoms with Gasteiger partial charge in [0.15, 0.2) is 5.84 Å². The number of oxime groups is 1. The van der Waals surface area contributed by atoms with Crippen molar-refractivity contribution in [2.75, 3.05) is 6.61 Å². The van der Waals surface area contributed by atoms with Gasteiger partial charge in [-0.05, 0) is 11.6 Å². The molecule has 0 aliphatic rings. The van der Waals surface area contributed by atoms with Gasteiger partial charge in [-0.3, -0.25) is 0 Å². The second-order valence-corrected chi connectivity index (χ2v) is 3.29. The third-order valence-electron chi connectivity index (χ3n) is 1.86. The van der Waals surface area contributed by atoms with Gasteiger partial charge in [0.2, 0.25) is 0 Å². The first-order chi connectivity index (χ1) is 7.92. The van der Waals surface area contributed by atoms with E-state index in [1.807, 2.05) is 0 Å². The predicted octanol–water partition coefficient (Wildman–Crippen LogP) is 1.86. The zero-order valence-electron chi connectivity index (χ0n) is 8.74. The third-order valence-corrected chi connectivity index (χ3v) is 1.86. The lowest BCUT2D eigenvalue weighted by atomic mass is 10.1. The van der Waals surface area contributed by atoms with Crippen LogP contribution in [0.1, 0.15) is 11.1 Å². The van der Waals surface area contributed by atoms with Gasteiger partial charge in [-0.25, -0.2) is 0 Å². The van der Waals surface area contributed by atoms with Crippen LogP contribution in [0.5, 0.6) is 0 Å². The standard InChI is InChI=1S/C10H11F3N2O2/c11-10(12,13)6-17-5-7-2-1-3-8(4-7)9(14)15-16/h1-4,16H,5-6H2,(H2,14,15). The van der Waals surface area contributed by atoms with Crippen molar-refractivity contribution in [1.29, 1.82) is 0 Å². The van der Waals surface area contributed by atoms with Crippen LogP contribution >= 0.6 is 0 Å². The highest BCUT2D eigenvalue weighted by Crippen LogP contribution is 2.15. The van der Waals surface area contributed by atoms with Gasteiger partial charge in [-0.2, -0.15) is 13.2 Å². The average molecular weight is 248 g/mol. The summed E-state index contributed by atoms with van der Waals surface area (Å²) in [5.74, 6) is -0.109. The van der Waals surface area contributed by atoms with Crippen molar-refractivity contribution in [2.24, 2.45) is 10.9 Å². The van der Waals surface area contributed by atoms with Gasteiger partial charge in [0.05, 0.1) is 6.61 Å². The molecule has 94 valence electrons. The monoisotopic (exact) mass is 248 g/mol. The van der Waals surface area contributed by atoms with E-state index in [9.17, 15) is 13.2 Å². The third kappa shape index (κ3) is 4.73. The van der Waals surface area contributed by atoms with Crippen LogP contribution < -0.4 is 5.73 Å². The number of hydrogen-bond acceptors (Lipinski definition) is 3. The zero-order valence-corrected chi connectivity index (χ0v) is 8.74. The fourth-order valence-electron chi connectivity index (χ4n) is 1.16. The van der Waals surface area contributed by atoms with Crippen LogP contribution in [0.25, 0.3) is 0 Å². The Balaban J connectivity index is 2.61. The summed E-state index contributed by atoms with van der Waals surface area (Å²) in [5.41, 5.74) is 6.27. The molecule has 4 nitrogen and oxygen atoms in total. The molecule has 0 heterocycles. The molecule has 0 amide bonds. The Morgan fingerprint density at radius 1 is 1.41 bits per heavy atom. The number of nitrogens with zero attached hydrogens (tertiary/aromatic N) is 1. The van der Waals surface area contributed by atoms with E-state index in [4.69, 9.17) is 10.9 Å². The molecule has 3 N–H and O–H groups in total. The van der Waals surface area contributed by atoms with Crippen molar-refractivity contribution in [1.82, 2.24) is 0 Å². The lowest BCUT2D eigenvalue weighted by Gasteiger charge is -2.08. The van der Waals surface area contributed by atoms with Crippen LogP contribution in [0, 0.1) is 0 Å². The summed E-state index contributed by atoms with van der Waals surface area (Å²) in [6, 6.07) is 6.23. The lowest BCUT2D eigenvalue weighted by molar-refractivity contribution is -0.176. The van der Waals surface area contributed by atoms with E-state index in [1.54, 1.807) is 18.2 Å². The van der Waals surface area contributed by atoms with Crippen LogP contribution in [0.3, 0.4) is 0 Å². The largest absolute Gasteiger partial charge is 0.411 e. The van der Waals surface area contributed by atoms with Gasteiger partial charge in [0, 0.05) is 5.56 Å². The molecule has 1 aromatic carbocycles. The maximum Gasteiger partial charge on any atom is 0.411 e. The van der Waals surface area contributed by atoms with E-state index in [0.717, 1.165) is 0 Å². The number of ether oxygens (including phenoxy) is 1. The van der Waals surface area contributed by atoms with Crippen LogP contribution in [-0.2, 0) is 11.3 Å². The van der Waals surface area contributed by atoms with Crippen LogP contribution in [0.2, 0.25) is 0 Å². The molecule has 1 rings (SSSR count). The summed E-state index contributed by atoms with van der Waals surface area (Å²) >= 11 is 0. The van der Waals surface area contributed by atoms with Crippen molar-refractivity contribution in [2.45, 2.75) is 12.8 Å². The highest BCUT2D eigenvalue weighted by atomic mass is 19.4. The molecule has 0 bridgehead atoms. The number of benzene rings is 1. The topological polar surface area (TPSA) is 67.8 Å². The van der Waals surface area contributed by atoms with Gasteiger partial charge in [-0.15, -0.1) is 0 Å². The van der Waals surface area contributed by atoms with E-state index >= 15 is 0 Å². The number of nitrogens with two attached hydrogens (primary N) is 1. The first-order valence-corrected chi connectivity index (χ1v) is 4.64. The summed E-state index contributed by atoms with van der Waals surface area (Å²) in [4.78, 5) is 0. The molecule has 0 saturated heterocycles. The van der Waals surface area contributed by atoms with Gasteiger partial charge in [0.1, 0.15) is 6.61 Å². The Bertz CT molecular complexity index is 405. The Kier molecular flexibility index (Phi) is 4.33. The number of alkyl halides is 3. The molecule has 0 radical (unpaired) electrons. The molecule has 0 aliphatic heterocycles. The number of hydrogen-bond donors (Lipinski definition) is 2. The van der Waals surface area contributed by atoms with Gasteiger partial charge < -0.3 is 15.7 Å². The summed E-state index contributed by atoms with van der Waals surface area (Å²) in [6.07, 6.45) is -4.34. The molecule has 1 aromatic rings. The summed E-state index contributed by atoms with van der Waals surface area (Å²) < 4.78 is 40.0. The smallest absolute Gasteiger partial charge is 0.409 e. The Morgan fingerprint density at radius 2 is 2.12 bits per heavy atom. The minimum absolute atomic E-state index is 0.109. The zero-order chi connectivity index (χ0) is 12.9. The van der Waals surface area contributed by atoms with E-state index < -0.39 is 12.8 Å². The van der Waals surface area contributed by atoms with Crippen molar-refractivity contribution in [3.8, 4) is 0 Å². The maximum atomic E-state index is 11.8. The fourth-order valence-corrected chi connectivity index (χ4v) is 1.16. The molecule has 17 heavy (non-hydrogen) atoms. The molecule has 0 aromatic heterocycles. The quantitative estimate of drug-likeness (QED) is 0.370. The van der Waals surface area contributed by atoms with Crippen molar-refractivity contribution >= 4 is 5.84 Å². The summed E-state index contributed by atoms with van der Waals surface area (Å²) in [6.45, 7) is -1.49. The molecule has 0 unspecified atom stereocenters. The van der Waals surface area contributed by atoms with Crippen molar-refractivity contribution < 1.29 is 23.1 Å². The molecular weight excluding hydrogens is 237 g/mol. The molecule has 0 fully saturated rings. The van der Waals surface area contributed by atoms with E-state index in [1.165, 1.54) is 6.07 Å². The normalized spacial score (nSPS) is 12.8. The highest BCUT2D eigenvalue weighted by Gasteiger charge is 2.27. The Morgan fingerprint density at radius 3 is 2.71 bits per heavy atom. The maximum absolute atomic E-state index is 11.8. The van der Waals surface area contributed by atoms with Gasteiger partial charge in [-0.1, -0.05) is 23.4 Å². The Hall–Kier alpha value is -1.76. The molecule has 7 heteroatoms. The first-order valence-electron chi connectivity index (χ1n) is 4.64. The van der Waals surface area contributed by atoms with Crippen LogP contribution in [-0.4, -0.2) is 23.8 Å². The summed E-state index contributed by atoms with van der Waals surface area (Å²) in [7, 11) is 0. The summed E-state index contributed by atoms with van der Waals surface area (Å²) in [5, 5.41) is 11.2. The van der Waals surface area contributed by atoms with Crippen molar-refractivity contribution in [3.63, 3.8) is 0 Å². The number of amidine groups is 1. The molecule has 0 spiro atoms. The fraction of sp³-hybridized carbons (Fsp3) is 0.300. The second-order valence-electron chi connectivity index (χ2n) is 3.29. The van der Waals surface area contributed by atoms with Crippen LogP contribution in [0.4, 0.5) is 13.2 Å². The average Bonchev–Trinajstić information content (AvgIpc) is 2.27. The minimum atomic E-state index is -4.34. The van der Waals surface area contributed by atoms with E-state index in [0.29, 0.717) is 11.1 Å². The lowest BCUT2D eigenvalue weighted by Crippen LogP contribution is -2.17. The molecule has 0 saturated carbocycles. The van der Waals surface area contributed by atoms with Crippen molar-refractivity contribution in [3.05, 3.63) is 35.4 Å². The van der Waals surface area contributed by atoms with E-state index in [2.05, 4.69) is 9.89 Å². The molecule has 0 atom stereocenters. The van der Waals surface area contributed by atoms with E-state index in [-0.39, 0.29) is 12.4 Å². The molecule has 0 aliphatic carbocycles. The minimum Gasteiger partial charge on any atom is -0.409 e. The number of halogens is 3. The SMILES string of the molecule is N/C(=N\O)c1cccc(COCC(F)(F)F)c1.